The summed E-state index contributed by atoms with van der Waals surface area (Å²) in [5, 5.41) is 10.8. The molecule has 2 aromatic rings. The van der Waals surface area contributed by atoms with Crippen LogP contribution in [0.5, 0.6) is 5.75 Å². The molecule has 0 fully saturated rings. The predicted octanol–water partition coefficient (Wildman–Crippen LogP) is 2.10. The van der Waals surface area contributed by atoms with E-state index >= 15 is 0 Å². The fourth-order valence-corrected chi connectivity index (χ4v) is 2.17. The molecule has 84 valence electrons. The number of phenols is 1. The standard InChI is InChI=1S/C11H10O4S/c1-7-3-2-4-9-10(7)5-8(6-11(9)12)16(13,14)15/h2-6,12H,1H3,(H,13,14,15). The Morgan fingerprint density at radius 1 is 1.12 bits per heavy atom. The smallest absolute Gasteiger partial charge is 0.294 e. The van der Waals surface area contributed by atoms with Crippen LogP contribution in [0.3, 0.4) is 0 Å². The van der Waals surface area contributed by atoms with Gasteiger partial charge in [0.2, 0.25) is 0 Å². The summed E-state index contributed by atoms with van der Waals surface area (Å²) in [6.07, 6.45) is 0. The predicted molar refractivity (Wildman–Crippen MR) is 60.2 cm³/mol. The second kappa shape index (κ2) is 3.47. The summed E-state index contributed by atoms with van der Waals surface area (Å²) in [5.74, 6) is -0.158. The third-order valence-electron chi connectivity index (χ3n) is 2.46. The number of fused-ring (bicyclic) bond motifs is 1. The highest BCUT2D eigenvalue weighted by molar-refractivity contribution is 7.85. The Hall–Kier alpha value is -1.59. The van der Waals surface area contributed by atoms with Crippen molar-refractivity contribution in [1.82, 2.24) is 0 Å². The topological polar surface area (TPSA) is 74.6 Å². The fourth-order valence-electron chi connectivity index (χ4n) is 1.64. The van der Waals surface area contributed by atoms with Crippen LogP contribution < -0.4 is 0 Å². The molecule has 0 unspecified atom stereocenters. The zero-order chi connectivity index (χ0) is 11.9. The normalized spacial score (nSPS) is 11.9. The molecule has 2 rings (SSSR count). The van der Waals surface area contributed by atoms with Crippen molar-refractivity contribution in [1.29, 1.82) is 0 Å². The summed E-state index contributed by atoms with van der Waals surface area (Å²) in [7, 11) is -4.29. The lowest BCUT2D eigenvalue weighted by molar-refractivity contribution is 0.471. The lowest BCUT2D eigenvalue weighted by Gasteiger charge is -2.06. The van der Waals surface area contributed by atoms with Crippen LogP contribution in [-0.4, -0.2) is 18.1 Å². The van der Waals surface area contributed by atoms with Gasteiger partial charge in [0.1, 0.15) is 5.75 Å². The Morgan fingerprint density at radius 2 is 1.81 bits per heavy atom. The van der Waals surface area contributed by atoms with E-state index in [-0.39, 0.29) is 10.6 Å². The monoisotopic (exact) mass is 238 g/mol. The Balaban J connectivity index is 2.91. The Morgan fingerprint density at radius 3 is 2.44 bits per heavy atom. The van der Waals surface area contributed by atoms with Gasteiger partial charge in [-0.3, -0.25) is 4.55 Å². The van der Waals surface area contributed by atoms with Gasteiger partial charge in [0.25, 0.3) is 10.1 Å². The van der Waals surface area contributed by atoms with Crippen LogP contribution in [0, 0.1) is 6.92 Å². The average Bonchev–Trinajstić information content (AvgIpc) is 2.18. The van der Waals surface area contributed by atoms with E-state index in [1.807, 2.05) is 0 Å². The van der Waals surface area contributed by atoms with Crippen LogP contribution in [0.1, 0.15) is 5.56 Å². The SMILES string of the molecule is Cc1cccc2c(O)cc(S(=O)(=O)O)cc12. The number of hydrogen-bond acceptors (Lipinski definition) is 3. The molecule has 4 nitrogen and oxygen atoms in total. The van der Waals surface area contributed by atoms with Crippen molar-refractivity contribution in [3.63, 3.8) is 0 Å². The van der Waals surface area contributed by atoms with Crippen molar-refractivity contribution >= 4 is 20.9 Å². The van der Waals surface area contributed by atoms with E-state index < -0.39 is 10.1 Å². The Kier molecular flexibility index (Phi) is 2.36. The molecule has 0 saturated heterocycles. The molecule has 0 heterocycles. The fraction of sp³-hybridized carbons (Fsp3) is 0.0909. The Labute approximate surface area is 92.9 Å². The molecule has 0 radical (unpaired) electrons. The average molecular weight is 238 g/mol. The molecule has 0 atom stereocenters. The van der Waals surface area contributed by atoms with Crippen LogP contribution in [0.15, 0.2) is 35.2 Å². The largest absolute Gasteiger partial charge is 0.507 e. The second-order valence-corrected chi connectivity index (χ2v) is 5.01. The molecule has 0 amide bonds. The molecule has 2 aromatic carbocycles. The van der Waals surface area contributed by atoms with Gasteiger partial charge in [0.15, 0.2) is 0 Å². The minimum atomic E-state index is -4.29. The van der Waals surface area contributed by atoms with Crippen molar-refractivity contribution in [3.05, 3.63) is 35.9 Å². The van der Waals surface area contributed by atoms with Crippen molar-refractivity contribution in [3.8, 4) is 5.75 Å². The molecule has 0 aromatic heterocycles. The second-order valence-electron chi connectivity index (χ2n) is 3.59. The van der Waals surface area contributed by atoms with Crippen LogP contribution in [-0.2, 0) is 10.1 Å². The van der Waals surface area contributed by atoms with Gasteiger partial charge in [-0.15, -0.1) is 0 Å². The molecule has 0 aliphatic rings. The molecule has 5 heteroatoms. The van der Waals surface area contributed by atoms with E-state index in [0.29, 0.717) is 10.8 Å². The quantitative estimate of drug-likeness (QED) is 0.746. The van der Waals surface area contributed by atoms with Crippen molar-refractivity contribution in [2.24, 2.45) is 0 Å². The molecular formula is C11H10O4S. The molecule has 0 aliphatic carbocycles. The minimum Gasteiger partial charge on any atom is -0.507 e. The summed E-state index contributed by atoms with van der Waals surface area (Å²) in [6, 6.07) is 7.64. The van der Waals surface area contributed by atoms with Crippen LogP contribution in [0.25, 0.3) is 10.8 Å². The highest BCUT2D eigenvalue weighted by Crippen LogP contribution is 2.30. The van der Waals surface area contributed by atoms with Gasteiger partial charge in [-0.1, -0.05) is 18.2 Å². The summed E-state index contributed by atoms with van der Waals surface area (Å²) in [6.45, 7) is 1.80. The highest BCUT2D eigenvalue weighted by Gasteiger charge is 2.13. The number of aryl methyl sites for hydroxylation is 1. The van der Waals surface area contributed by atoms with Gasteiger partial charge in [0.05, 0.1) is 4.90 Å². The minimum absolute atomic E-state index is 0.158. The molecular weight excluding hydrogens is 228 g/mol. The number of benzene rings is 2. The van der Waals surface area contributed by atoms with Gasteiger partial charge < -0.3 is 5.11 Å². The Bertz CT molecular complexity index is 659. The zero-order valence-corrected chi connectivity index (χ0v) is 9.32. The maximum atomic E-state index is 11.0. The summed E-state index contributed by atoms with van der Waals surface area (Å²) < 4.78 is 30.9. The van der Waals surface area contributed by atoms with Crippen LogP contribution >= 0.6 is 0 Å². The van der Waals surface area contributed by atoms with Gasteiger partial charge >= 0.3 is 0 Å². The van der Waals surface area contributed by atoms with Gasteiger partial charge in [-0.05, 0) is 23.9 Å². The van der Waals surface area contributed by atoms with Gasteiger partial charge in [-0.2, -0.15) is 8.42 Å². The van der Waals surface area contributed by atoms with E-state index in [2.05, 4.69) is 0 Å². The number of hydrogen-bond donors (Lipinski definition) is 2. The first-order valence-electron chi connectivity index (χ1n) is 4.59. The first-order chi connectivity index (χ1) is 7.39. The molecule has 16 heavy (non-hydrogen) atoms. The third kappa shape index (κ3) is 1.75. The maximum absolute atomic E-state index is 11.0. The van der Waals surface area contributed by atoms with Crippen LogP contribution in [0.4, 0.5) is 0 Å². The number of aromatic hydroxyl groups is 1. The lowest BCUT2D eigenvalue weighted by atomic mass is 10.1. The van der Waals surface area contributed by atoms with E-state index in [4.69, 9.17) is 4.55 Å². The summed E-state index contributed by atoms with van der Waals surface area (Å²) in [4.78, 5) is -0.299. The van der Waals surface area contributed by atoms with E-state index in [0.717, 1.165) is 11.6 Å². The molecule has 0 aliphatic heterocycles. The van der Waals surface area contributed by atoms with E-state index in [1.54, 1.807) is 25.1 Å². The van der Waals surface area contributed by atoms with Crippen molar-refractivity contribution < 1.29 is 18.1 Å². The number of rotatable bonds is 1. The van der Waals surface area contributed by atoms with Gasteiger partial charge in [0, 0.05) is 11.5 Å². The first kappa shape index (κ1) is 10.9. The summed E-state index contributed by atoms with van der Waals surface area (Å²) in [5.41, 5.74) is 0.832. The van der Waals surface area contributed by atoms with Crippen molar-refractivity contribution in [2.45, 2.75) is 11.8 Å². The van der Waals surface area contributed by atoms with Gasteiger partial charge in [-0.25, -0.2) is 0 Å². The summed E-state index contributed by atoms with van der Waals surface area (Å²) >= 11 is 0. The lowest BCUT2D eigenvalue weighted by Crippen LogP contribution is -1.98. The molecule has 0 saturated carbocycles. The van der Waals surface area contributed by atoms with Crippen LogP contribution in [0.2, 0.25) is 0 Å². The van der Waals surface area contributed by atoms with E-state index in [9.17, 15) is 13.5 Å². The third-order valence-corrected chi connectivity index (χ3v) is 3.29. The molecule has 0 bridgehead atoms. The first-order valence-corrected chi connectivity index (χ1v) is 6.03. The van der Waals surface area contributed by atoms with Crippen molar-refractivity contribution in [2.75, 3.05) is 0 Å². The highest BCUT2D eigenvalue weighted by atomic mass is 32.2. The van der Waals surface area contributed by atoms with E-state index in [1.165, 1.54) is 6.07 Å². The maximum Gasteiger partial charge on any atom is 0.294 e. The molecule has 2 N–H and O–H groups in total. The molecule has 0 spiro atoms. The zero-order valence-electron chi connectivity index (χ0n) is 8.51. The number of phenolic OH excluding ortho intramolecular Hbond substituents is 1.